The molecule has 3 nitrogen and oxygen atoms in total. The van der Waals surface area contributed by atoms with Crippen LogP contribution in [0, 0.1) is 6.92 Å². The lowest BCUT2D eigenvalue weighted by molar-refractivity contribution is -0.137. The van der Waals surface area contributed by atoms with Gasteiger partial charge in [0.2, 0.25) is 0 Å². The number of ketones is 1. The number of thiazole rings is 1. The molecule has 1 heterocycles. The molecule has 1 aromatic heterocycles. The standard InChI is InChI=1S/C15H15F3N2OS/c1-4-20-9(2)13(10(3)21)22-14(20)19-12-7-5-11(6-8-12)15(16,17)18/h5-8H,4H2,1-3H3/b19-14-. The van der Waals surface area contributed by atoms with Gasteiger partial charge in [0.05, 0.1) is 16.1 Å². The van der Waals surface area contributed by atoms with E-state index in [4.69, 9.17) is 0 Å². The first-order chi connectivity index (χ1) is 10.2. The number of carbonyl (C=O) groups excluding carboxylic acids is 1. The lowest BCUT2D eigenvalue weighted by atomic mass is 10.2. The van der Waals surface area contributed by atoms with Crippen LogP contribution in [0.4, 0.5) is 18.9 Å². The molecule has 2 rings (SSSR count). The van der Waals surface area contributed by atoms with Crippen molar-refractivity contribution < 1.29 is 18.0 Å². The van der Waals surface area contributed by atoms with Gasteiger partial charge in [0.1, 0.15) is 0 Å². The van der Waals surface area contributed by atoms with Gasteiger partial charge in [0.25, 0.3) is 0 Å². The molecule has 2 aromatic rings. The van der Waals surface area contributed by atoms with Crippen LogP contribution in [-0.4, -0.2) is 10.4 Å². The molecule has 0 aliphatic carbocycles. The van der Waals surface area contributed by atoms with Crippen LogP contribution in [0.5, 0.6) is 0 Å². The largest absolute Gasteiger partial charge is 0.416 e. The molecule has 0 amide bonds. The number of halogens is 3. The van der Waals surface area contributed by atoms with Gasteiger partial charge in [-0.3, -0.25) is 4.79 Å². The zero-order valence-corrected chi connectivity index (χ0v) is 13.2. The number of alkyl halides is 3. The minimum Gasteiger partial charge on any atom is -0.321 e. The van der Waals surface area contributed by atoms with Crippen molar-refractivity contribution in [2.75, 3.05) is 0 Å². The highest BCUT2D eigenvalue weighted by molar-refractivity contribution is 7.11. The average molecular weight is 328 g/mol. The van der Waals surface area contributed by atoms with Gasteiger partial charge in [-0.15, -0.1) is 0 Å². The third-order valence-corrected chi connectivity index (χ3v) is 4.49. The van der Waals surface area contributed by atoms with E-state index in [9.17, 15) is 18.0 Å². The second-order valence-electron chi connectivity index (χ2n) is 4.76. The summed E-state index contributed by atoms with van der Waals surface area (Å²) in [7, 11) is 0. The lowest BCUT2D eigenvalue weighted by Crippen LogP contribution is -2.14. The van der Waals surface area contributed by atoms with Crippen molar-refractivity contribution >= 4 is 22.8 Å². The van der Waals surface area contributed by atoms with Crippen molar-refractivity contribution in [2.24, 2.45) is 4.99 Å². The summed E-state index contributed by atoms with van der Waals surface area (Å²) in [5.74, 6) is -0.0430. The van der Waals surface area contributed by atoms with E-state index in [0.717, 1.165) is 17.8 Å². The Morgan fingerprint density at radius 2 is 1.86 bits per heavy atom. The molecule has 7 heteroatoms. The molecule has 0 N–H and O–H groups in total. The Morgan fingerprint density at radius 1 is 1.27 bits per heavy atom. The molecule has 0 fully saturated rings. The highest BCUT2D eigenvalue weighted by Gasteiger charge is 2.29. The molecular formula is C15H15F3N2OS. The minimum atomic E-state index is -4.36. The van der Waals surface area contributed by atoms with Gasteiger partial charge >= 0.3 is 6.18 Å². The van der Waals surface area contributed by atoms with Crippen molar-refractivity contribution in [2.45, 2.75) is 33.5 Å². The van der Waals surface area contributed by atoms with Crippen LogP contribution in [0.2, 0.25) is 0 Å². The van der Waals surface area contributed by atoms with Crippen LogP contribution in [0.15, 0.2) is 29.3 Å². The third kappa shape index (κ3) is 3.30. The van der Waals surface area contributed by atoms with E-state index in [-0.39, 0.29) is 5.78 Å². The highest BCUT2D eigenvalue weighted by atomic mass is 32.1. The zero-order valence-electron chi connectivity index (χ0n) is 12.4. The number of hydrogen-bond donors (Lipinski definition) is 0. The van der Waals surface area contributed by atoms with Gasteiger partial charge in [0, 0.05) is 19.2 Å². The monoisotopic (exact) mass is 328 g/mol. The quantitative estimate of drug-likeness (QED) is 0.772. The fourth-order valence-electron chi connectivity index (χ4n) is 2.10. The number of carbonyl (C=O) groups is 1. The Kier molecular flexibility index (Phi) is 4.55. The Labute approximate surface area is 129 Å². The summed E-state index contributed by atoms with van der Waals surface area (Å²) in [6.07, 6.45) is -4.36. The maximum atomic E-state index is 12.5. The van der Waals surface area contributed by atoms with Gasteiger partial charge in [0.15, 0.2) is 10.6 Å². The number of rotatable bonds is 3. The van der Waals surface area contributed by atoms with E-state index in [0.29, 0.717) is 21.9 Å². The fourth-order valence-corrected chi connectivity index (χ4v) is 3.22. The third-order valence-electron chi connectivity index (χ3n) is 3.21. The van der Waals surface area contributed by atoms with Crippen LogP contribution in [0.25, 0.3) is 0 Å². The average Bonchev–Trinajstić information content (AvgIpc) is 2.74. The molecule has 0 radical (unpaired) electrons. The van der Waals surface area contributed by atoms with E-state index in [1.807, 2.05) is 18.4 Å². The summed E-state index contributed by atoms with van der Waals surface area (Å²) in [5, 5.41) is 0. The number of aromatic nitrogens is 1. The number of hydrogen-bond acceptors (Lipinski definition) is 3. The second-order valence-corrected chi connectivity index (χ2v) is 5.73. The summed E-state index contributed by atoms with van der Waals surface area (Å²) >= 11 is 1.25. The first-order valence-corrected chi connectivity index (χ1v) is 7.48. The molecule has 0 atom stereocenters. The summed E-state index contributed by atoms with van der Waals surface area (Å²) in [5.41, 5.74) is 0.541. The van der Waals surface area contributed by atoms with E-state index < -0.39 is 11.7 Å². The predicted octanol–water partition coefficient (Wildman–Crippen LogP) is 4.33. The van der Waals surface area contributed by atoms with Crippen molar-refractivity contribution in [1.29, 1.82) is 0 Å². The SMILES string of the molecule is CCn1c(C)c(C(C)=O)s/c1=N\c1ccc(C(F)(F)F)cc1. The number of nitrogens with zero attached hydrogens (tertiary/aromatic N) is 2. The van der Waals surface area contributed by atoms with E-state index in [1.54, 1.807) is 0 Å². The van der Waals surface area contributed by atoms with Crippen molar-refractivity contribution in [3.63, 3.8) is 0 Å². The lowest BCUT2D eigenvalue weighted by Gasteiger charge is -2.05. The maximum absolute atomic E-state index is 12.5. The van der Waals surface area contributed by atoms with Crippen molar-refractivity contribution in [1.82, 2.24) is 4.57 Å². The van der Waals surface area contributed by atoms with Crippen LogP contribution >= 0.6 is 11.3 Å². The van der Waals surface area contributed by atoms with Crippen molar-refractivity contribution in [3.8, 4) is 0 Å². The van der Waals surface area contributed by atoms with Gasteiger partial charge in [-0.2, -0.15) is 13.2 Å². The normalized spacial score (nSPS) is 12.7. The predicted molar refractivity (Wildman–Crippen MR) is 79.4 cm³/mol. The molecule has 1 aromatic carbocycles. The maximum Gasteiger partial charge on any atom is 0.416 e. The highest BCUT2D eigenvalue weighted by Crippen LogP contribution is 2.30. The molecule has 118 valence electrons. The van der Waals surface area contributed by atoms with Gasteiger partial charge in [-0.05, 0) is 38.1 Å². The van der Waals surface area contributed by atoms with Crippen LogP contribution in [0.3, 0.4) is 0 Å². The van der Waals surface area contributed by atoms with Gasteiger partial charge in [-0.25, -0.2) is 4.99 Å². The van der Waals surface area contributed by atoms with Crippen LogP contribution in [-0.2, 0) is 12.7 Å². The van der Waals surface area contributed by atoms with Crippen molar-refractivity contribution in [3.05, 3.63) is 45.2 Å². The van der Waals surface area contributed by atoms with E-state index in [1.165, 1.54) is 30.4 Å². The molecular weight excluding hydrogens is 313 g/mol. The first-order valence-electron chi connectivity index (χ1n) is 6.67. The summed E-state index contributed by atoms with van der Waals surface area (Å²) in [4.78, 5) is 17.2. The number of Topliss-reactive ketones (excluding diaryl/α,β-unsaturated/α-hetero) is 1. The molecule has 0 spiro atoms. The Bertz CT molecular complexity index is 755. The molecule has 0 unspecified atom stereocenters. The second kappa shape index (κ2) is 6.08. The first kappa shape index (κ1) is 16.5. The van der Waals surface area contributed by atoms with Gasteiger partial charge < -0.3 is 4.57 Å². The fraction of sp³-hybridized carbons (Fsp3) is 0.333. The molecule has 0 aliphatic rings. The molecule has 0 aliphatic heterocycles. The Morgan fingerprint density at radius 3 is 2.32 bits per heavy atom. The van der Waals surface area contributed by atoms with Crippen LogP contribution in [0.1, 0.15) is 34.8 Å². The Hall–Kier alpha value is -1.89. The summed E-state index contributed by atoms with van der Waals surface area (Å²) in [6.45, 7) is 5.88. The summed E-state index contributed by atoms with van der Waals surface area (Å²) in [6, 6.07) is 4.65. The van der Waals surface area contributed by atoms with Gasteiger partial charge in [-0.1, -0.05) is 11.3 Å². The molecule has 0 bridgehead atoms. The van der Waals surface area contributed by atoms with E-state index in [2.05, 4.69) is 4.99 Å². The molecule has 22 heavy (non-hydrogen) atoms. The minimum absolute atomic E-state index is 0.0430. The molecule has 0 saturated heterocycles. The van der Waals surface area contributed by atoms with E-state index >= 15 is 0 Å². The zero-order chi connectivity index (χ0) is 16.5. The Balaban J connectivity index is 2.49. The number of benzene rings is 1. The summed E-state index contributed by atoms with van der Waals surface area (Å²) < 4.78 is 39.5. The molecule has 0 saturated carbocycles. The smallest absolute Gasteiger partial charge is 0.321 e. The topological polar surface area (TPSA) is 34.4 Å². The van der Waals surface area contributed by atoms with Crippen LogP contribution < -0.4 is 4.80 Å².